The Morgan fingerprint density at radius 3 is 2.57 bits per heavy atom. The zero-order valence-electron chi connectivity index (χ0n) is 16.4. The first-order valence-corrected chi connectivity index (χ1v) is 9.26. The lowest BCUT2D eigenvalue weighted by atomic mass is 10.1. The van der Waals surface area contributed by atoms with Crippen LogP contribution in [0.25, 0.3) is 5.69 Å². The van der Waals surface area contributed by atoms with Crippen LogP contribution in [0.5, 0.6) is 0 Å². The molecular weight excluding hydrogens is 403 g/mol. The molecule has 160 valence electrons. The molecule has 0 spiro atoms. The van der Waals surface area contributed by atoms with Crippen LogP contribution in [-0.4, -0.2) is 68.4 Å². The molecule has 1 amide bonds. The fourth-order valence-corrected chi connectivity index (χ4v) is 3.07. The number of ether oxygens (including phenoxy) is 1. The highest BCUT2D eigenvalue weighted by Crippen LogP contribution is 2.33. The van der Waals surface area contributed by atoms with Crippen LogP contribution in [-0.2, 0) is 17.5 Å². The van der Waals surface area contributed by atoms with Crippen LogP contribution in [0.3, 0.4) is 0 Å². The Balaban J connectivity index is 1.72. The highest BCUT2D eigenvalue weighted by molar-refractivity contribution is 5.67. The topological polar surface area (TPSA) is 100 Å². The zero-order chi connectivity index (χ0) is 21.9. The fourth-order valence-electron chi connectivity index (χ4n) is 3.07. The van der Waals surface area contributed by atoms with E-state index in [9.17, 15) is 18.0 Å². The Morgan fingerprint density at radius 1 is 1.27 bits per heavy atom. The van der Waals surface area contributed by atoms with Crippen molar-refractivity contribution in [1.29, 1.82) is 5.26 Å². The summed E-state index contributed by atoms with van der Waals surface area (Å²) < 4.78 is 46.1. The van der Waals surface area contributed by atoms with Gasteiger partial charge in [-0.2, -0.15) is 23.1 Å². The molecule has 1 aliphatic heterocycles. The summed E-state index contributed by atoms with van der Waals surface area (Å²) >= 11 is 0. The molecule has 30 heavy (non-hydrogen) atoms. The molecule has 1 aromatic carbocycles. The van der Waals surface area contributed by atoms with E-state index < -0.39 is 17.3 Å². The van der Waals surface area contributed by atoms with Crippen LogP contribution >= 0.6 is 0 Å². The summed E-state index contributed by atoms with van der Waals surface area (Å²) in [5.74, 6) is 0.353. The van der Waals surface area contributed by atoms with Gasteiger partial charge in [0.2, 0.25) is 0 Å². The van der Waals surface area contributed by atoms with Crippen molar-refractivity contribution in [2.45, 2.75) is 32.7 Å². The predicted octanol–water partition coefficient (Wildman–Crippen LogP) is 2.22. The summed E-state index contributed by atoms with van der Waals surface area (Å²) in [5, 5.41) is 20.2. The number of carbonyl (C=O) groups excluding carboxylic acids is 1. The smallest absolute Gasteiger partial charge is 0.417 e. The van der Waals surface area contributed by atoms with E-state index in [-0.39, 0.29) is 17.9 Å². The standard InChI is InChI=1S/C18H20F3N7O2/c1-12(2)30-17(29)27-7-5-26(6-8-27)11-16-23-24-25-28(16)14-4-3-13(10-22)15(9-14)18(19,20)21/h3-4,9,12H,5-8,11H2,1-2H3. The fraction of sp³-hybridized carbons (Fsp3) is 0.500. The van der Waals surface area contributed by atoms with Gasteiger partial charge in [0.05, 0.1) is 35.5 Å². The van der Waals surface area contributed by atoms with Gasteiger partial charge >= 0.3 is 12.3 Å². The Labute approximate surface area is 170 Å². The van der Waals surface area contributed by atoms with Crippen molar-refractivity contribution < 1.29 is 22.7 Å². The maximum Gasteiger partial charge on any atom is 0.417 e. The van der Waals surface area contributed by atoms with Crippen LogP contribution in [0.15, 0.2) is 18.2 Å². The second-order valence-electron chi connectivity index (χ2n) is 7.04. The number of hydrogen-bond acceptors (Lipinski definition) is 7. The zero-order valence-corrected chi connectivity index (χ0v) is 16.4. The highest BCUT2D eigenvalue weighted by Gasteiger charge is 2.34. The molecule has 0 unspecified atom stereocenters. The third-order valence-electron chi connectivity index (χ3n) is 4.54. The Morgan fingerprint density at radius 2 is 1.97 bits per heavy atom. The number of rotatable bonds is 4. The van der Waals surface area contributed by atoms with E-state index >= 15 is 0 Å². The van der Waals surface area contributed by atoms with Crippen LogP contribution < -0.4 is 0 Å². The van der Waals surface area contributed by atoms with E-state index in [4.69, 9.17) is 10.00 Å². The van der Waals surface area contributed by atoms with Gasteiger partial charge in [-0.25, -0.2) is 4.79 Å². The molecule has 12 heteroatoms. The molecule has 0 bridgehead atoms. The normalized spacial score (nSPS) is 15.3. The van der Waals surface area contributed by atoms with Gasteiger partial charge in [-0.15, -0.1) is 5.10 Å². The first-order chi connectivity index (χ1) is 14.2. The Kier molecular flexibility index (Phi) is 6.21. The first-order valence-electron chi connectivity index (χ1n) is 9.26. The van der Waals surface area contributed by atoms with Gasteiger partial charge in [0.25, 0.3) is 0 Å². The molecule has 0 atom stereocenters. The Hall–Kier alpha value is -3.20. The number of hydrogen-bond donors (Lipinski definition) is 0. The molecular formula is C18H20F3N7O2. The van der Waals surface area contributed by atoms with Gasteiger partial charge in [-0.3, -0.25) is 4.90 Å². The van der Waals surface area contributed by atoms with E-state index in [1.165, 1.54) is 10.7 Å². The summed E-state index contributed by atoms with van der Waals surface area (Å²) in [7, 11) is 0. The average Bonchev–Trinajstić information content (AvgIpc) is 3.15. The van der Waals surface area contributed by atoms with Gasteiger partial charge in [0, 0.05) is 26.2 Å². The number of tetrazole rings is 1. The number of nitrogens with zero attached hydrogens (tertiary/aromatic N) is 7. The average molecular weight is 423 g/mol. The van der Waals surface area contributed by atoms with Gasteiger partial charge < -0.3 is 9.64 Å². The lowest BCUT2D eigenvalue weighted by Crippen LogP contribution is -2.49. The van der Waals surface area contributed by atoms with Crippen molar-refractivity contribution in [1.82, 2.24) is 30.0 Å². The summed E-state index contributed by atoms with van der Waals surface area (Å²) in [6.07, 6.45) is -5.24. The molecule has 2 heterocycles. The van der Waals surface area contributed by atoms with Crippen molar-refractivity contribution in [2.75, 3.05) is 26.2 Å². The van der Waals surface area contributed by atoms with Crippen LogP contribution in [0, 0.1) is 11.3 Å². The van der Waals surface area contributed by atoms with E-state index in [0.717, 1.165) is 12.1 Å². The van der Waals surface area contributed by atoms with Gasteiger partial charge in [0.1, 0.15) is 0 Å². The molecule has 0 saturated carbocycles. The van der Waals surface area contributed by atoms with E-state index in [1.54, 1.807) is 24.8 Å². The number of nitriles is 1. The number of amides is 1. The summed E-state index contributed by atoms with van der Waals surface area (Å²) in [6, 6.07) is 4.88. The molecule has 0 radical (unpaired) electrons. The summed E-state index contributed by atoms with van der Waals surface area (Å²) in [6.45, 7) is 5.86. The van der Waals surface area contributed by atoms with Crippen LogP contribution in [0.2, 0.25) is 0 Å². The summed E-state index contributed by atoms with van der Waals surface area (Å²) in [5.41, 5.74) is -1.40. The lowest BCUT2D eigenvalue weighted by molar-refractivity contribution is -0.137. The molecule has 1 fully saturated rings. The van der Waals surface area contributed by atoms with Crippen molar-refractivity contribution >= 4 is 6.09 Å². The van der Waals surface area contributed by atoms with Crippen molar-refractivity contribution in [3.63, 3.8) is 0 Å². The second-order valence-corrected chi connectivity index (χ2v) is 7.04. The van der Waals surface area contributed by atoms with Crippen molar-refractivity contribution in [3.05, 3.63) is 35.2 Å². The van der Waals surface area contributed by atoms with Crippen molar-refractivity contribution in [2.24, 2.45) is 0 Å². The molecule has 0 N–H and O–H groups in total. The number of aromatic nitrogens is 4. The molecule has 1 saturated heterocycles. The first kappa shape index (κ1) is 21.5. The number of piperazine rings is 1. The summed E-state index contributed by atoms with van der Waals surface area (Å²) in [4.78, 5) is 15.6. The van der Waals surface area contributed by atoms with E-state index in [1.807, 2.05) is 4.90 Å². The number of alkyl halides is 3. The number of halogens is 3. The van der Waals surface area contributed by atoms with Crippen LogP contribution in [0.4, 0.5) is 18.0 Å². The largest absolute Gasteiger partial charge is 0.447 e. The minimum Gasteiger partial charge on any atom is -0.447 e. The maximum atomic E-state index is 13.2. The monoisotopic (exact) mass is 423 g/mol. The third kappa shape index (κ3) is 4.85. The third-order valence-corrected chi connectivity index (χ3v) is 4.54. The Bertz CT molecular complexity index is 944. The van der Waals surface area contributed by atoms with E-state index in [0.29, 0.717) is 38.5 Å². The molecule has 3 rings (SSSR count). The van der Waals surface area contributed by atoms with Gasteiger partial charge in [-0.1, -0.05) is 0 Å². The number of carbonyl (C=O) groups is 1. The molecule has 1 aliphatic rings. The van der Waals surface area contributed by atoms with E-state index in [2.05, 4.69) is 15.5 Å². The van der Waals surface area contributed by atoms with Crippen LogP contribution in [0.1, 0.15) is 30.8 Å². The van der Waals surface area contributed by atoms with Crippen molar-refractivity contribution in [3.8, 4) is 11.8 Å². The van der Waals surface area contributed by atoms with Gasteiger partial charge in [0.15, 0.2) is 5.82 Å². The molecule has 0 aliphatic carbocycles. The highest BCUT2D eigenvalue weighted by atomic mass is 19.4. The predicted molar refractivity (Wildman–Crippen MR) is 97.3 cm³/mol. The molecule has 1 aromatic heterocycles. The minimum absolute atomic E-state index is 0.112. The lowest BCUT2D eigenvalue weighted by Gasteiger charge is -2.34. The molecule has 9 nitrogen and oxygen atoms in total. The van der Waals surface area contributed by atoms with Gasteiger partial charge in [-0.05, 0) is 42.5 Å². The minimum atomic E-state index is -4.67. The maximum absolute atomic E-state index is 13.2. The quantitative estimate of drug-likeness (QED) is 0.743. The molecule has 2 aromatic rings. The second kappa shape index (κ2) is 8.66. The SMILES string of the molecule is CC(C)OC(=O)N1CCN(Cc2nnnn2-c2ccc(C#N)c(C(F)(F)F)c2)CC1. The number of benzene rings is 1.